The molecule has 0 aliphatic heterocycles. The van der Waals surface area contributed by atoms with E-state index in [9.17, 15) is 14.0 Å². The SMILES string of the molecule is [2H]C([2H])([2H])NC(=O)c1nnc(NC(=O)Nc2ccc(F)cc2)cc1Nc1cccc(-c2ncn(C)n2)c1OC. The van der Waals surface area contributed by atoms with Gasteiger partial charge in [0.15, 0.2) is 23.1 Å². The molecule has 2 aromatic carbocycles. The molecule has 0 aliphatic rings. The summed E-state index contributed by atoms with van der Waals surface area (Å²) < 4.78 is 42.3. The number of rotatable bonds is 7. The molecule has 0 spiro atoms. The lowest BCUT2D eigenvalue weighted by Crippen LogP contribution is -2.23. The quantitative estimate of drug-likeness (QED) is 0.306. The van der Waals surface area contributed by atoms with Gasteiger partial charge in [0.1, 0.15) is 12.1 Å². The maximum absolute atomic E-state index is 13.1. The molecule has 4 aromatic rings. The number of carbonyl (C=O) groups excluding carboxylic acids is 2. The summed E-state index contributed by atoms with van der Waals surface area (Å²) in [6.07, 6.45) is 1.52. The fourth-order valence-electron chi connectivity index (χ4n) is 3.23. The second kappa shape index (κ2) is 10.5. The predicted molar refractivity (Wildman–Crippen MR) is 131 cm³/mol. The minimum Gasteiger partial charge on any atom is -0.494 e. The second-order valence-corrected chi connectivity index (χ2v) is 7.29. The average molecular weight is 495 g/mol. The highest BCUT2D eigenvalue weighted by Gasteiger charge is 2.19. The third-order valence-corrected chi connectivity index (χ3v) is 4.80. The minimum atomic E-state index is -2.79. The number of urea groups is 1. The van der Waals surface area contributed by atoms with Crippen LogP contribution in [0.4, 0.5) is 32.1 Å². The standard InChI is InChI=1S/C23H22FN9O3/c1-25-22(34)19-17(11-18(30-31-19)29-23(35)27-14-9-7-13(24)8-10-14)28-16-6-4-5-15(20(16)36-3)21-26-12-33(2)32-21/h4-12H,1-3H3,(H,25,34)(H3,27,28,29,30,35)/i1D3. The zero-order valence-corrected chi connectivity index (χ0v) is 19.0. The fourth-order valence-corrected chi connectivity index (χ4v) is 3.23. The van der Waals surface area contributed by atoms with Crippen molar-refractivity contribution in [1.29, 1.82) is 0 Å². The summed E-state index contributed by atoms with van der Waals surface area (Å²) in [7, 11) is 3.15. The fraction of sp³-hybridized carbons (Fsp3) is 0.130. The highest BCUT2D eigenvalue weighted by Crippen LogP contribution is 2.37. The minimum absolute atomic E-state index is 0.00765. The lowest BCUT2D eigenvalue weighted by atomic mass is 10.1. The number of nitrogens with zero attached hydrogens (tertiary/aromatic N) is 5. The summed E-state index contributed by atoms with van der Waals surface area (Å²) in [5.41, 5.74) is 0.863. The van der Waals surface area contributed by atoms with Crippen molar-refractivity contribution in [2.45, 2.75) is 0 Å². The van der Waals surface area contributed by atoms with Crippen LogP contribution in [0.3, 0.4) is 0 Å². The van der Waals surface area contributed by atoms with Gasteiger partial charge < -0.3 is 20.7 Å². The normalized spacial score (nSPS) is 12.0. The van der Waals surface area contributed by atoms with Crippen molar-refractivity contribution in [2.75, 3.05) is 30.0 Å². The van der Waals surface area contributed by atoms with Crippen molar-refractivity contribution in [3.63, 3.8) is 0 Å². The number of methoxy groups -OCH3 is 1. The van der Waals surface area contributed by atoms with Crippen LogP contribution in [0.15, 0.2) is 54.9 Å². The molecule has 12 nitrogen and oxygen atoms in total. The first-order valence-electron chi connectivity index (χ1n) is 11.9. The Kier molecular flexibility index (Phi) is 5.90. The summed E-state index contributed by atoms with van der Waals surface area (Å²) in [5, 5.41) is 21.8. The number of carbonyl (C=O) groups is 2. The monoisotopic (exact) mass is 494 g/mol. The van der Waals surface area contributed by atoms with E-state index in [-0.39, 0.29) is 17.2 Å². The summed E-state index contributed by atoms with van der Waals surface area (Å²) in [6, 6.07) is 10.7. The predicted octanol–water partition coefficient (Wildman–Crippen LogP) is 3.17. The topological polar surface area (TPSA) is 148 Å². The van der Waals surface area contributed by atoms with Gasteiger partial charge in [0.2, 0.25) is 0 Å². The lowest BCUT2D eigenvalue weighted by molar-refractivity contribution is 0.0958. The third-order valence-electron chi connectivity index (χ3n) is 4.80. The number of aryl methyl sites for hydroxylation is 1. The Morgan fingerprint density at radius 3 is 2.58 bits per heavy atom. The van der Waals surface area contributed by atoms with Crippen molar-refractivity contribution in [1.82, 2.24) is 30.3 Å². The number of hydrogen-bond donors (Lipinski definition) is 4. The van der Waals surface area contributed by atoms with Gasteiger partial charge in [-0.3, -0.25) is 14.8 Å². The maximum Gasteiger partial charge on any atom is 0.324 e. The van der Waals surface area contributed by atoms with Gasteiger partial charge in [-0.25, -0.2) is 14.2 Å². The molecule has 4 rings (SSSR count). The molecule has 0 saturated heterocycles. The van der Waals surface area contributed by atoms with E-state index in [4.69, 9.17) is 8.85 Å². The van der Waals surface area contributed by atoms with Gasteiger partial charge in [-0.15, -0.1) is 10.2 Å². The van der Waals surface area contributed by atoms with E-state index >= 15 is 0 Å². The molecule has 4 N–H and O–H groups in total. The first kappa shape index (κ1) is 20.3. The zero-order chi connectivity index (χ0) is 28.2. The van der Waals surface area contributed by atoms with E-state index in [1.54, 1.807) is 25.2 Å². The molecule has 13 heteroatoms. The molecule has 36 heavy (non-hydrogen) atoms. The summed E-state index contributed by atoms with van der Waals surface area (Å²) in [4.78, 5) is 29.4. The number of amides is 3. The molecule has 0 atom stereocenters. The van der Waals surface area contributed by atoms with Crippen LogP contribution < -0.4 is 26.0 Å². The Hall–Kier alpha value is -5.07. The largest absolute Gasteiger partial charge is 0.494 e. The highest BCUT2D eigenvalue weighted by atomic mass is 19.1. The van der Waals surface area contributed by atoms with Crippen molar-refractivity contribution in [3.05, 3.63) is 66.4 Å². The van der Waals surface area contributed by atoms with Crippen LogP contribution >= 0.6 is 0 Å². The van der Waals surface area contributed by atoms with Gasteiger partial charge >= 0.3 is 6.03 Å². The number of benzene rings is 2. The second-order valence-electron chi connectivity index (χ2n) is 7.29. The average Bonchev–Trinajstić information content (AvgIpc) is 3.30. The van der Waals surface area contributed by atoms with Crippen molar-refractivity contribution in [3.8, 4) is 17.1 Å². The number of para-hydroxylation sites is 1. The van der Waals surface area contributed by atoms with Crippen LogP contribution in [-0.4, -0.2) is 51.0 Å². The first-order chi connectivity index (χ1) is 18.5. The van der Waals surface area contributed by atoms with Crippen LogP contribution in [0.1, 0.15) is 14.6 Å². The number of hydrogen-bond acceptors (Lipinski definition) is 8. The van der Waals surface area contributed by atoms with Gasteiger partial charge in [-0.05, 0) is 36.4 Å². The number of halogens is 1. The van der Waals surface area contributed by atoms with Crippen LogP contribution in [0.25, 0.3) is 11.4 Å². The smallest absolute Gasteiger partial charge is 0.324 e. The van der Waals surface area contributed by atoms with Gasteiger partial charge in [-0.2, -0.15) is 5.10 Å². The van der Waals surface area contributed by atoms with Gasteiger partial charge in [0.05, 0.1) is 24.0 Å². The Morgan fingerprint density at radius 2 is 1.89 bits per heavy atom. The molecule has 0 fully saturated rings. The van der Waals surface area contributed by atoms with Crippen LogP contribution in [-0.2, 0) is 7.05 Å². The first-order valence-corrected chi connectivity index (χ1v) is 10.4. The summed E-state index contributed by atoms with van der Waals surface area (Å²) in [6.45, 7) is -2.79. The van der Waals surface area contributed by atoms with Gasteiger partial charge in [0, 0.05) is 29.9 Å². The molecular weight excluding hydrogens is 469 g/mol. The lowest BCUT2D eigenvalue weighted by Gasteiger charge is -2.16. The van der Waals surface area contributed by atoms with Crippen LogP contribution in [0, 0.1) is 5.82 Å². The van der Waals surface area contributed by atoms with Gasteiger partial charge in [-0.1, -0.05) is 6.07 Å². The third kappa shape index (κ3) is 5.35. The van der Waals surface area contributed by atoms with E-state index < -0.39 is 24.7 Å². The number of anilines is 4. The zero-order valence-electron chi connectivity index (χ0n) is 22.0. The van der Waals surface area contributed by atoms with E-state index in [0.29, 0.717) is 28.5 Å². The van der Waals surface area contributed by atoms with E-state index in [2.05, 4.69) is 36.2 Å². The van der Waals surface area contributed by atoms with Crippen molar-refractivity contribution >= 4 is 34.8 Å². The maximum atomic E-state index is 13.1. The van der Waals surface area contributed by atoms with Crippen molar-refractivity contribution in [2.24, 2.45) is 7.05 Å². The number of nitrogens with one attached hydrogen (secondary N) is 4. The molecule has 2 aromatic heterocycles. The highest BCUT2D eigenvalue weighted by molar-refractivity contribution is 6.01. The summed E-state index contributed by atoms with van der Waals surface area (Å²) >= 11 is 0. The van der Waals surface area contributed by atoms with E-state index in [1.807, 2.05) is 5.32 Å². The molecule has 184 valence electrons. The Labute approximate surface area is 209 Å². The molecule has 0 radical (unpaired) electrons. The molecule has 2 heterocycles. The van der Waals surface area contributed by atoms with Crippen molar-refractivity contribution < 1.29 is 22.8 Å². The Morgan fingerprint density at radius 1 is 1.08 bits per heavy atom. The van der Waals surface area contributed by atoms with E-state index in [0.717, 1.165) is 0 Å². The van der Waals surface area contributed by atoms with E-state index in [1.165, 1.54) is 48.5 Å². The molecule has 0 aliphatic carbocycles. The molecule has 0 saturated carbocycles. The molecule has 3 amide bonds. The molecule has 0 bridgehead atoms. The molecule has 0 unspecified atom stereocenters. The summed E-state index contributed by atoms with van der Waals surface area (Å²) in [5.74, 6) is -0.873. The Balaban J connectivity index is 1.67. The van der Waals surface area contributed by atoms with Crippen LogP contribution in [0.2, 0.25) is 0 Å². The molecular formula is C23H22FN9O3. The van der Waals surface area contributed by atoms with Crippen LogP contribution in [0.5, 0.6) is 5.75 Å². The Bertz CT molecular complexity index is 1510. The number of ether oxygens (including phenoxy) is 1. The van der Waals surface area contributed by atoms with Gasteiger partial charge in [0.25, 0.3) is 5.91 Å². The number of aromatic nitrogens is 5.